The number of pyridine rings is 1. The quantitative estimate of drug-likeness (QED) is 0.337. The van der Waals surface area contributed by atoms with Crippen LogP contribution in [0, 0.1) is 17.0 Å². The monoisotopic (exact) mass is 396 g/mol. The largest absolute Gasteiger partial charge is 0.357 e. The minimum Gasteiger partial charge on any atom is -0.357 e. The van der Waals surface area contributed by atoms with E-state index in [0.717, 1.165) is 55.5 Å². The summed E-state index contributed by atoms with van der Waals surface area (Å²) in [7, 11) is 0. The number of nitro groups is 1. The molecule has 154 valence electrons. The molecule has 1 aromatic heterocycles. The summed E-state index contributed by atoms with van der Waals surface area (Å²) in [5.74, 6) is 1.78. The van der Waals surface area contributed by atoms with Crippen molar-refractivity contribution in [3.05, 3.63) is 63.8 Å². The summed E-state index contributed by atoms with van der Waals surface area (Å²) in [6.07, 6.45) is 1.99. The molecule has 0 unspecified atom stereocenters. The van der Waals surface area contributed by atoms with Gasteiger partial charge in [0, 0.05) is 43.5 Å². The van der Waals surface area contributed by atoms with Crippen molar-refractivity contribution in [3.8, 4) is 0 Å². The SMILES string of the molecule is CCNC(=NCc1cccc([N+](=O)[O-])c1)NC1CCN(c2cccc(C)n2)CC1. The maximum atomic E-state index is 10.9. The zero-order chi connectivity index (χ0) is 20.6. The Bertz CT molecular complexity index is 862. The molecule has 1 aromatic carbocycles. The van der Waals surface area contributed by atoms with Crippen molar-refractivity contribution in [1.82, 2.24) is 15.6 Å². The molecule has 1 fully saturated rings. The molecule has 2 aromatic rings. The molecule has 0 atom stereocenters. The number of benzene rings is 1. The second-order valence-corrected chi connectivity index (χ2v) is 7.17. The number of rotatable bonds is 6. The average molecular weight is 396 g/mol. The number of nitrogens with one attached hydrogen (secondary N) is 2. The van der Waals surface area contributed by atoms with E-state index in [9.17, 15) is 10.1 Å². The number of guanidine groups is 1. The molecule has 8 nitrogen and oxygen atoms in total. The minimum absolute atomic E-state index is 0.0905. The third-order valence-corrected chi connectivity index (χ3v) is 4.92. The van der Waals surface area contributed by atoms with Crippen LogP contribution in [-0.4, -0.2) is 41.5 Å². The first-order chi connectivity index (χ1) is 14.0. The van der Waals surface area contributed by atoms with E-state index < -0.39 is 0 Å². The Hall–Kier alpha value is -3.16. The van der Waals surface area contributed by atoms with E-state index in [-0.39, 0.29) is 10.6 Å². The zero-order valence-corrected chi connectivity index (χ0v) is 17.0. The topological polar surface area (TPSA) is 95.7 Å². The van der Waals surface area contributed by atoms with E-state index in [1.165, 1.54) is 6.07 Å². The smallest absolute Gasteiger partial charge is 0.269 e. The number of piperidine rings is 1. The molecule has 0 aliphatic carbocycles. The molecular weight excluding hydrogens is 368 g/mol. The van der Waals surface area contributed by atoms with Crippen molar-refractivity contribution < 1.29 is 4.92 Å². The van der Waals surface area contributed by atoms with Gasteiger partial charge in [-0.25, -0.2) is 9.98 Å². The van der Waals surface area contributed by atoms with Crippen LogP contribution >= 0.6 is 0 Å². The predicted octanol–water partition coefficient (Wildman–Crippen LogP) is 3.02. The fraction of sp³-hybridized carbons (Fsp3) is 0.429. The lowest BCUT2D eigenvalue weighted by molar-refractivity contribution is -0.384. The van der Waals surface area contributed by atoms with E-state index in [0.29, 0.717) is 12.6 Å². The Balaban J connectivity index is 1.57. The van der Waals surface area contributed by atoms with Crippen LogP contribution in [0.25, 0.3) is 0 Å². The van der Waals surface area contributed by atoms with Crippen LogP contribution < -0.4 is 15.5 Å². The Labute approximate surface area is 171 Å². The lowest BCUT2D eigenvalue weighted by Gasteiger charge is -2.34. The number of aliphatic imine (C=N–C) groups is 1. The highest BCUT2D eigenvalue weighted by molar-refractivity contribution is 5.80. The lowest BCUT2D eigenvalue weighted by Crippen LogP contribution is -2.48. The van der Waals surface area contributed by atoms with Crippen LogP contribution in [0.2, 0.25) is 0 Å². The molecule has 2 N–H and O–H groups in total. The second-order valence-electron chi connectivity index (χ2n) is 7.17. The molecule has 29 heavy (non-hydrogen) atoms. The highest BCUT2D eigenvalue weighted by Crippen LogP contribution is 2.18. The first-order valence-electron chi connectivity index (χ1n) is 10.0. The summed E-state index contributed by atoms with van der Waals surface area (Å²) in [4.78, 5) is 22.1. The second kappa shape index (κ2) is 9.86. The third-order valence-electron chi connectivity index (χ3n) is 4.92. The Morgan fingerprint density at radius 3 is 2.72 bits per heavy atom. The fourth-order valence-corrected chi connectivity index (χ4v) is 3.41. The molecule has 0 bridgehead atoms. The van der Waals surface area contributed by atoms with Gasteiger partial charge in [-0.05, 0) is 44.4 Å². The number of hydrogen-bond donors (Lipinski definition) is 2. The fourth-order valence-electron chi connectivity index (χ4n) is 3.41. The Morgan fingerprint density at radius 2 is 2.03 bits per heavy atom. The standard InChI is InChI=1S/C21H28N6O2/c1-3-22-21(23-15-17-7-5-8-19(14-17)27(28)29)25-18-10-12-26(13-11-18)20-9-4-6-16(2)24-20/h4-9,14,18H,3,10-13,15H2,1-2H3,(H2,22,23,25). The van der Waals surface area contributed by atoms with Crippen molar-refractivity contribution in [2.24, 2.45) is 4.99 Å². The van der Waals surface area contributed by atoms with Gasteiger partial charge < -0.3 is 15.5 Å². The number of aromatic nitrogens is 1. The van der Waals surface area contributed by atoms with Gasteiger partial charge in [0.15, 0.2) is 5.96 Å². The molecule has 0 amide bonds. The van der Waals surface area contributed by atoms with Gasteiger partial charge in [-0.3, -0.25) is 10.1 Å². The van der Waals surface area contributed by atoms with Crippen molar-refractivity contribution in [1.29, 1.82) is 0 Å². The number of non-ortho nitro benzene ring substituents is 1. The first kappa shape index (κ1) is 20.6. The molecule has 0 saturated carbocycles. The van der Waals surface area contributed by atoms with E-state index in [1.807, 2.05) is 32.0 Å². The molecule has 3 rings (SSSR count). The average Bonchev–Trinajstić information content (AvgIpc) is 2.73. The predicted molar refractivity (Wildman–Crippen MR) is 115 cm³/mol. The lowest BCUT2D eigenvalue weighted by atomic mass is 10.1. The van der Waals surface area contributed by atoms with E-state index in [1.54, 1.807) is 12.1 Å². The summed E-state index contributed by atoms with van der Waals surface area (Å²) in [5, 5.41) is 17.7. The molecular formula is C21H28N6O2. The summed E-state index contributed by atoms with van der Waals surface area (Å²) < 4.78 is 0. The number of hydrogen-bond acceptors (Lipinski definition) is 5. The maximum Gasteiger partial charge on any atom is 0.269 e. The van der Waals surface area contributed by atoms with Gasteiger partial charge in [-0.1, -0.05) is 18.2 Å². The molecule has 1 aliphatic heterocycles. The van der Waals surface area contributed by atoms with Gasteiger partial charge in [0.25, 0.3) is 5.69 Å². The Kier molecular flexibility index (Phi) is 6.99. The minimum atomic E-state index is -0.381. The highest BCUT2D eigenvalue weighted by atomic mass is 16.6. The highest BCUT2D eigenvalue weighted by Gasteiger charge is 2.21. The van der Waals surface area contributed by atoms with Crippen LogP contribution in [0.4, 0.5) is 11.5 Å². The third kappa shape index (κ3) is 5.91. The molecule has 2 heterocycles. The first-order valence-corrected chi connectivity index (χ1v) is 10.0. The van der Waals surface area contributed by atoms with Crippen LogP contribution in [0.1, 0.15) is 31.0 Å². The molecule has 1 aliphatic rings. The van der Waals surface area contributed by atoms with Gasteiger partial charge in [0.2, 0.25) is 0 Å². The molecule has 1 saturated heterocycles. The van der Waals surface area contributed by atoms with E-state index in [4.69, 9.17) is 0 Å². The number of aryl methyl sites for hydroxylation is 1. The normalized spacial score (nSPS) is 15.2. The summed E-state index contributed by atoms with van der Waals surface area (Å²) in [6.45, 7) is 7.07. The van der Waals surface area contributed by atoms with Crippen LogP contribution in [0.5, 0.6) is 0 Å². The number of nitro benzene ring substituents is 1. The van der Waals surface area contributed by atoms with Gasteiger partial charge in [-0.15, -0.1) is 0 Å². The van der Waals surface area contributed by atoms with Crippen molar-refractivity contribution in [3.63, 3.8) is 0 Å². The molecule has 8 heteroatoms. The van der Waals surface area contributed by atoms with Crippen LogP contribution in [-0.2, 0) is 6.54 Å². The van der Waals surface area contributed by atoms with Gasteiger partial charge >= 0.3 is 0 Å². The van der Waals surface area contributed by atoms with Gasteiger partial charge in [0.05, 0.1) is 11.5 Å². The van der Waals surface area contributed by atoms with Crippen molar-refractivity contribution in [2.45, 2.75) is 39.3 Å². The van der Waals surface area contributed by atoms with Gasteiger partial charge in [-0.2, -0.15) is 0 Å². The maximum absolute atomic E-state index is 10.9. The van der Waals surface area contributed by atoms with Crippen molar-refractivity contribution >= 4 is 17.5 Å². The van der Waals surface area contributed by atoms with Crippen LogP contribution in [0.15, 0.2) is 47.5 Å². The van der Waals surface area contributed by atoms with E-state index in [2.05, 4.69) is 31.6 Å². The molecule has 0 radical (unpaired) electrons. The number of anilines is 1. The summed E-state index contributed by atoms with van der Waals surface area (Å²) in [6, 6.07) is 13.1. The van der Waals surface area contributed by atoms with Crippen LogP contribution in [0.3, 0.4) is 0 Å². The van der Waals surface area contributed by atoms with Gasteiger partial charge in [0.1, 0.15) is 5.82 Å². The van der Waals surface area contributed by atoms with E-state index >= 15 is 0 Å². The Morgan fingerprint density at radius 1 is 1.28 bits per heavy atom. The molecule has 0 spiro atoms. The summed E-state index contributed by atoms with van der Waals surface area (Å²) in [5.41, 5.74) is 1.94. The number of nitrogens with zero attached hydrogens (tertiary/aromatic N) is 4. The zero-order valence-electron chi connectivity index (χ0n) is 17.0. The van der Waals surface area contributed by atoms with Crippen molar-refractivity contribution in [2.75, 3.05) is 24.5 Å². The summed E-state index contributed by atoms with van der Waals surface area (Å²) >= 11 is 0.